The Kier molecular flexibility index (Phi) is 4.17. The molecule has 1 aliphatic rings. The zero-order valence-electron chi connectivity index (χ0n) is 11.6. The third-order valence-corrected chi connectivity index (χ3v) is 3.77. The van der Waals surface area contributed by atoms with Crippen molar-refractivity contribution in [2.45, 2.75) is 52.6 Å². The van der Waals surface area contributed by atoms with Gasteiger partial charge in [-0.2, -0.15) is 0 Å². The number of aromatic nitrogens is 2. The van der Waals surface area contributed by atoms with Gasteiger partial charge in [-0.25, -0.2) is 9.97 Å². The van der Waals surface area contributed by atoms with E-state index in [0.717, 1.165) is 42.4 Å². The van der Waals surface area contributed by atoms with E-state index in [4.69, 9.17) is 0 Å². The van der Waals surface area contributed by atoms with E-state index in [1.165, 1.54) is 12.8 Å². The van der Waals surface area contributed by atoms with Crippen LogP contribution in [0, 0.1) is 13.8 Å². The molecule has 4 heteroatoms. The molecule has 1 aliphatic heterocycles. The molecule has 0 spiro atoms. The zero-order valence-corrected chi connectivity index (χ0v) is 11.6. The molecule has 1 atom stereocenters. The summed E-state index contributed by atoms with van der Waals surface area (Å²) >= 11 is 0. The second-order valence-electron chi connectivity index (χ2n) is 5.14. The molecule has 18 heavy (non-hydrogen) atoms. The maximum atomic E-state index is 9.81. The van der Waals surface area contributed by atoms with Gasteiger partial charge in [-0.15, -0.1) is 0 Å². The van der Waals surface area contributed by atoms with Gasteiger partial charge in [0.1, 0.15) is 0 Å². The minimum Gasteiger partial charge on any atom is -0.393 e. The second-order valence-corrected chi connectivity index (χ2v) is 5.14. The molecule has 0 aromatic carbocycles. The minimum absolute atomic E-state index is 0.301. The Balaban J connectivity index is 2.27. The van der Waals surface area contributed by atoms with E-state index in [1.54, 1.807) is 0 Å². The van der Waals surface area contributed by atoms with Gasteiger partial charge in [-0.1, -0.05) is 6.92 Å². The number of hydrogen-bond acceptors (Lipinski definition) is 4. The number of rotatable bonds is 4. The van der Waals surface area contributed by atoms with Gasteiger partial charge in [0.25, 0.3) is 0 Å². The van der Waals surface area contributed by atoms with Gasteiger partial charge < -0.3 is 10.0 Å². The molecule has 1 N–H and O–H groups in total. The quantitative estimate of drug-likeness (QED) is 0.886. The highest BCUT2D eigenvalue weighted by Crippen LogP contribution is 2.20. The molecular weight excluding hydrogens is 226 g/mol. The summed E-state index contributed by atoms with van der Waals surface area (Å²) in [4.78, 5) is 11.5. The van der Waals surface area contributed by atoms with Crippen LogP contribution in [0.4, 0.5) is 5.95 Å². The molecule has 4 nitrogen and oxygen atoms in total. The van der Waals surface area contributed by atoms with Crippen molar-refractivity contribution in [2.24, 2.45) is 0 Å². The smallest absolute Gasteiger partial charge is 0.225 e. The third-order valence-electron chi connectivity index (χ3n) is 3.77. The first kappa shape index (κ1) is 13.3. The van der Waals surface area contributed by atoms with Crippen molar-refractivity contribution in [1.82, 2.24) is 9.97 Å². The molecule has 1 aromatic rings. The fourth-order valence-electron chi connectivity index (χ4n) is 2.30. The summed E-state index contributed by atoms with van der Waals surface area (Å²) in [5, 5.41) is 9.81. The molecule has 2 rings (SSSR count). The van der Waals surface area contributed by atoms with Crippen molar-refractivity contribution in [1.29, 1.82) is 0 Å². The van der Waals surface area contributed by atoms with Crippen LogP contribution in [0.1, 0.15) is 43.1 Å². The Morgan fingerprint density at radius 2 is 1.89 bits per heavy atom. The number of aryl methyl sites for hydroxylation is 1. The summed E-state index contributed by atoms with van der Waals surface area (Å²) in [5.74, 6) is 0.842. The normalized spacial score (nSPS) is 17.2. The van der Waals surface area contributed by atoms with Gasteiger partial charge in [0.2, 0.25) is 5.95 Å². The average molecular weight is 249 g/mol. The van der Waals surface area contributed by atoms with Crippen molar-refractivity contribution in [3.8, 4) is 0 Å². The monoisotopic (exact) mass is 249 g/mol. The molecule has 1 fully saturated rings. The molecule has 0 radical (unpaired) electrons. The minimum atomic E-state index is -0.301. The molecule has 1 saturated heterocycles. The molecular formula is C14H23N3O. The van der Waals surface area contributed by atoms with Crippen LogP contribution in [-0.2, 0) is 6.42 Å². The van der Waals surface area contributed by atoms with Crippen LogP contribution in [0.15, 0.2) is 0 Å². The standard InChI is InChI=1S/C14H23N3O/c1-4-12(18)9-13-10(2)11(3)15-14(16-13)17-7-5-6-8-17/h12,18H,4-9H2,1-3H3/t12-/m1/s1. The van der Waals surface area contributed by atoms with E-state index in [1.807, 2.05) is 20.8 Å². The van der Waals surface area contributed by atoms with Crippen molar-refractivity contribution in [2.75, 3.05) is 18.0 Å². The Morgan fingerprint density at radius 1 is 1.22 bits per heavy atom. The van der Waals surface area contributed by atoms with Crippen molar-refractivity contribution < 1.29 is 5.11 Å². The van der Waals surface area contributed by atoms with Gasteiger partial charge in [0.05, 0.1) is 11.8 Å². The molecule has 0 unspecified atom stereocenters. The summed E-state index contributed by atoms with van der Waals surface area (Å²) in [6.45, 7) is 8.17. The fourth-order valence-corrected chi connectivity index (χ4v) is 2.30. The van der Waals surface area contributed by atoms with Gasteiger partial charge >= 0.3 is 0 Å². The lowest BCUT2D eigenvalue weighted by molar-refractivity contribution is 0.169. The van der Waals surface area contributed by atoms with Crippen molar-refractivity contribution in [3.05, 3.63) is 17.0 Å². The lowest BCUT2D eigenvalue weighted by Crippen LogP contribution is -2.23. The van der Waals surface area contributed by atoms with Crippen molar-refractivity contribution in [3.63, 3.8) is 0 Å². The average Bonchev–Trinajstić information content (AvgIpc) is 2.88. The largest absolute Gasteiger partial charge is 0.393 e. The third kappa shape index (κ3) is 2.80. The number of anilines is 1. The van der Waals surface area contributed by atoms with Gasteiger partial charge in [-0.3, -0.25) is 0 Å². The number of nitrogens with zero attached hydrogens (tertiary/aromatic N) is 3. The van der Waals surface area contributed by atoms with Crippen LogP contribution in [0.3, 0.4) is 0 Å². The molecule has 0 amide bonds. The van der Waals surface area contributed by atoms with E-state index >= 15 is 0 Å². The molecule has 0 bridgehead atoms. The first-order valence-corrected chi connectivity index (χ1v) is 6.89. The number of aliphatic hydroxyl groups excluding tert-OH is 1. The number of aliphatic hydroxyl groups is 1. The fraction of sp³-hybridized carbons (Fsp3) is 0.714. The number of hydrogen-bond donors (Lipinski definition) is 1. The molecule has 1 aromatic heterocycles. The summed E-state index contributed by atoms with van der Waals surface area (Å²) in [6, 6.07) is 0. The molecule has 2 heterocycles. The maximum Gasteiger partial charge on any atom is 0.225 e. The highest BCUT2D eigenvalue weighted by atomic mass is 16.3. The lowest BCUT2D eigenvalue weighted by atomic mass is 10.1. The predicted octanol–water partition coefficient (Wildman–Crippen LogP) is 2.01. The van der Waals surface area contributed by atoms with Crippen LogP contribution in [-0.4, -0.2) is 34.3 Å². The summed E-state index contributed by atoms with van der Waals surface area (Å²) < 4.78 is 0. The van der Waals surface area contributed by atoms with Crippen molar-refractivity contribution >= 4 is 5.95 Å². The van der Waals surface area contributed by atoms with E-state index in [9.17, 15) is 5.11 Å². The second kappa shape index (κ2) is 5.65. The first-order chi connectivity index (χ1) is 8.61. The van der Waals surface area contributed by atoms with Crippen LogP contribution in [0.5, 0.6) is 0 Å². The van der Waals surface area contributed by atoms with Crippen LogP contribution < -0.4 is 4.90 Å². The Labute approximate surface area is 109 Å². The summed E-state index contributed by atoms with van der Waals surface area (Å²) in [7, 11) is 0. The summed E-state index contributed by atoms with van der Waals surface area (Å²) in [6.07, 6.45) is 3.55. The predicted molar refractivity (Wildman–Crippen MR) is 73.0 cm³/mol. The molecule has 0 saturated carbocycles. The van der Waals surface area contributed by atoms with Crippen LogP contribution in [0.2, 0.25) is 0 Å². The van der Waals surface area contributed by atoms with Gasteiger partial charge in [0.15, 0.2) is 0 Å². The highest BCUT2D eigenvalue weighted by molar-refractivity contribution is 5.37. The van der Waals surface area contributed by atoms with E-state index < -0.39 is 0 Å². The van der Waals surface area contributed by atoms with Gasteiger partial charge in [0, 0.05) is 25.2 Å². The molecule has 100 valence electrons. The van der Waals surface area contributed by atoms with E-state index in [0.29, 0.717) is 6.42 Å². The zero-order chi connectivity index (χ0) is 13.1. The Morgan fingerprint density at radius 3 is 2.50 bits per heavy atom. The lowest BCUT2D eigenvalue weighted by Gasteiger charge is -2.19. The maximum absolute atomic E-state index is 9.81. The molecule has 0 aliphatic carbocycles. The summed E-state index contributed by atoms with van der Waals surface area (Å²) in [5.41, 5.74) is 3.15. The van der Waals surface area contributed by atoms with Gasteiger partial charge in [-0.05, 0) is 38.7 Å². The van der Waals surface area contributed by atoms with Crippen LogP contribution >= 0.6 is 0 Å². The first-order valence-electron chi connectivity index (χ1n) is 6.89. The van der Waals surface area contributed by atoms with E-state index in [-0.39, 0.29) is 6.10 Å². The van der Waals surface area contributed by atoms with E-state index in [2.05, 4.69) is 14.9 Å². The SMILES string of the molecule is CC[C@@H](O)Cc1nc(N2CCCC2)nc(C)c1C. The topological polar surface area (TPSA) is 49.3 Å². The van der Waals surface area contributed by atoms with Crippen LogP contribution in [0.25, 0.3) is 0 Å². The Bertz CT molecular complexity index is 414. The Hall–Kier alpha value is -1.16. The highest BCUT2D eigenvalue weighted by Gasteiger charge is 2.18.